The Morgan fingerprint density at radius 3 is 2.77 bits per heavy atom. The van der Waals surface area contributed by atoms with Gasteiger partial charge in [0.25, 0.3) is 5.91 Å². The van der Waals surface area contributed by atoms with E-state index in [2.05, 4.69) is 28.2 Å². The fourth-order valence-corrected chi connectivity index (χ4v) is 4.29. The van der Waals surface area contributed by atoms with E-state index in [0.717, 1.165) is 59.3 Å². The molecular weight excluding hydrogens is 388 g/mol. The molecule has 3 aliphatic rings. The first-order valence-corrected chi connectivity index (χ1v) is 10.6. The number of nitrogens with one attached hydrogen (secondary N) is 1. The summed E-state index contributed by atoms with van der Waals surface area (Å²) in [5.41, 5.74) is 6.05. The minimum absolute atomic E-state index is 0.0845. The molecule has 3 aliphatic heterocycles. The van der Waals surface area contributed by atoms with Gasteiger partial charge in [-0.15, -0.1) is 0 Å². The number of hydrogen-bond donors (Lipinski definition) is 1. The average molecular weight is 415 g/mol. The van der Waals surface area contributed by atoms with Crippen LogP contribution in [0, 0.1) is 13.8 Å². The molecule has 0 saturated carbocycles. The summed E-state index contributed by atoms with van der Waals surface area (Å²) >= 11 is 0. The molecule has 0 aromatic carbocycles. The molecule has 31 heavy (non-hydrogen) atoms. The monoisotopic (exact) mass is 414 g/mol. The lowest BCUT2D eigenvalue weighted by molar-refractivity contribution is -0.122. The van der Waals surface area contributed by atoms with Gasteiger partial charge in [-0.2, -0.15) is 0 Å². The summed E-state index contributed by atoms with van der Waals surface area (Å²) < 4.78 is 1.97. The summed E-state index contributed by atoms with van der Waals surface area (Å²) in [7, 11) is 0. The van der Waals surface area contributed by atoms with Gasteiger partial charge < -0.3 is 14.6 Å². The lowest BCUT2D eigenvalue weighted by Crippen LogP contribution is -2.48. The quantitative estimate of drug-likeness (QED) is 0.819. The first-order valence-electron chi connectivity index (χ1n) is 10.6. The summed E-state index contributed by atoms with van der Waals surface area (Å²) in [6.07, 6.45) is 17.5. The molecule has 0 radical (unpaired) electrons. The molecule has 1 N–H and O–H groups in total. The third kappa shape index (κ3) is 3.72. The topological polar surface area (TPSA) is 65.8 Å². The van der Waals surface area contributed by atoms with Crippen LogP contribution in [0.5, 0.6) is 0 Å². The van der Waals surface area contributed by atoms with Crippen LogP contribution >= 0.6 is 0 Å². The van der Waals surface area contributed by atoms with Gasteiger partial charge in [0.1, 0.15) is 0 Å². The molecule has 0 spiro atoms. The van der Waals surface area contributed by atoms with Crippen molar-refractivity contribution in [3.63, 3.8) is 0 Å². The van der Waals surface area contributed by atoms with Crippen LogP contribution in [0.3, 0.4) is 0 Å². The third-order valence-electron chi connectivity index (χ3n) is 5.78. The SMILES string of the molecule is Cc1cn2cc(C3=C\C(=O)N4C=C(N5CCN[C@@H](C)C5)C=C\C4=C/C=C/3)nc2c(C)n1. The summed E-state index contributed by atoms with van der Waals surface area (Å²) in [4.78, 5) is 26.5. The molecule has 7 nitrogen and oxygen atoms in total. The number of carbonyl (C=O) groups excluding carboxylic acids is 1. The second-order valence-corrected chi connectivity index (χ2v) is 8.27. The Kier molecular flexibility index (Phi) is 4.82. The van der Waals surface area contributed by atoms with E-state index in [0.29, 0.717) is 6.04 Å². The van der Waals surface area contributed by atoms with Crippen molar-refractivity contribution in [2.24, 2.45) is 0 Å². The van der Waals surface area contributed by atoms with Gasteiger partial charge in [-0.05, 0) is 39.0 Å². The number of hydrogen-bond acceptors (Lipinski definition) is 5. The Balaban J connectivity index is 1.49. The van der Waals surface area contributed by atoms with E-state index >= 15 is 0 Å². The van der Waals surface area contributed by atoms with Crippen molar-refractivity contribution in [2.75, 3.05) is 19.6 Å². The zero-order valence-corrected chi connectivity index (χ0v) is 18.0. The first kappa shape index (κ1) is 19.5. The van der Waals surface area contributed by atoms with Crippen LogP contribution in [-0.4, -0.2) is 55.8 Å². The Labute approximate surface area is 181 Å². The van der Waals surface area contributed by atoms with E-state index in [4.69, 9.17) is 4.98 Å². The molecular formula is C24H26N6O. The minimum Gasteiger partial charge on any atom is -0.368 e. The Morgan fingerprint density at radius 2 is 1.94 bits per heavy atom. The van der Waals surface area contributed by atoms with Gasteiger partial charge in [-0.1, -0.05) is 12.2 Å². The molecule has 2 aromatic rings. The number of aryl methyl sites for hydroxylation is 2. The van der Waals surface area contributed by atoms with Crippen LogP contribution in [0.1, 0.15) is 24.0 Å². The predicted octanol–water partition coefficient (Wildman–Crippen LogP) is 2.72. The van der Waals surface area contributed by atoms with Crippen molar-refractivity contribution in [3.05, 3.63) is 83.5 Å². The maximum atomic E-state index is 13.2. The zero-order chi connectivity index (χ0) is 21.5. The number of fused-ring (bicyclic) bond motifs is 2. The van der Waals surface area contributed by atoms with Gasteiger partial charge in [-0.3, -0.25) is 14.7 Å². The molecule has 5 heterocycles. The number of aromatic nitrogens is 3. The van der Waals surface area contributed by atoms with Crippen LogP contribution in [0.2, 0.25) is 0 Å². The smallest absolute Gasteiger partial charge is 0.255 e. The lowest BCUT2D eigenvalue weighted by atomic mass is 10.1. The van der Waals surface area contributed by atoms with Crippen LogP contribution in [-0.2, 0) is 4.79 Å². The van der Waals surface area contributed by atoms with E-state index in [-0.39, 0.29) is 5.91 Å². The minimum atomic E-state index is -0.0845. The highest BCUT2D eigenvalue weighted by molar-refractivity contribution is 5.99. The second kappa shape index (κ2) is 7.67. The van der Waals surface area contributed by atoms with Gasteiger partial charge >= 0.3 is 0 Å². The maximum absolute atomic E-state index is 13.2. The number of imidazole rings is 1. The number of amides is 1. The van der Waals surface area contributed by atoms with Gasteiger partial charge in [0.2, 0.25) is 0 Å². The molecule has 1 amide bonds. The van der Waals surface area contributed by atoms with Gasteiger partial charge in [-0.25, -0.2) is 4.98 Å². The van der Waals surface area contributed by atoms with Crippen LogP contribution in [0.15, 0.2) is 66.4 Å². The number of carbonyl (C=O) groups is 1. The molecule has 1 fully saturated rings. The molecule has 2 aromatic heterocycles. The van der Waals surface area contributed by atoms with E-state index in [1.165, 1.54) is 0 Å². The fraction of sp³-hybridized carbons (Fsp3) is 0.292. The highest BCUT2D eigenvalue weighted by Gasteiger charge is 2.23. The molecule has 1 atom stereocenters. The van der Waals surface area contributed by atoms with E-state index in [1.807, 2.05) is 61.1 Å². The molecule has 158 valence electrons. The summed E-state index contributed by atoms with van der Waals surface area (Å²) in [5, 5.41) is 3.46. The maximum Gasteiger partial charge on any atom is 0.255 e. The van der Waals surface area contributed by atoms with Gasteiger partial charge in [0.05, 0.1) is 22.8 Å². The molecule has 0 bridgehead atoms. The van der Waals surface area contributed by atoms with Crippen LogP contribution < -0.4 is 5.32 Å². The standard InChI is InChI=1S/C24H26N6O/c1-16-12-28(10-9-25-16)21-8-7-20-6-4-5-19(11-23(31)30(20)14-21)22-15-29-13-17(2)26-18(3)24(29)27-22/h4-8,11,13-16,25H,9-10,12H2,1-3H3/b5-4+,19-11+,20-6+/t16-/m0/s1. The van der Waals surface area contributed by atoms with Gasteiger partial charge in [0.15, 0.2) is 5.65 Å². The zero-order valence-electron chi connectivity index (χ0n) is 18.0. The van der Waals surface area contributed by atoms with Crippen LogP contribution in [0.25, 0.3) is 11.2 Å². The first-order chi connectivity index (χ1) is 15.0. The molecule has 0 unspecified atom stereocenters. The Hall–Kier alpha value is -3.45. The average Bonchev–Trinajstić information content (AvgIpc) is 3.16. The highest BCUT2D eigenvalue weighted by Crippen LogP contribution is 2.25. The summed E-state index contributed by atoms with van der Waals surface area (Å²) in [6, 6.07) is 0.425. The second-order valence-electron chi connectivity index (χ2n) is 8.27. The van der Waals surface area contributed by atoms with E-state index in [1.54, 1.807) is 11.0 Å². The van der Waals surface area contributed by atoms with Crippen molar-refractivity contribution in [3.8, 4) is 0 Å². The predicted molar refractivity (Wildman–Crippen MR) is 121 cm³/mol. The molecule has 7 heteroatoms. The summed E-state index contributed by atoms with van der Waals surface area (Å²) in [5.74, 6) is -0.0845. The van der Waals surface area contributed by atoms with E-state index < -0.39 is 0 Å². The van der Waals surface area contributed by atoms with E-state index in [9.17, 15) is 4.79 Å². The number of allylic oxidation sites excluding steroid dienone is 6. The molecule has 5 rings (SSSR count). The molecule has 0 aliphatic carbocycles. The lowest BCUT2D eigenvalue weighted by Gasteiger charge is -2.36. The van der Waals surface area contributed by atoms with Crippen molar-refractivity contribution >= 4 is 17.1 Å². The third-order valence-corrected chi connectivity index (χ3v) is 5.78. The molecule has 1 saturated heterocycles. The Morgan fingerprint density at radius 1 is 1.10 bits per heavy atom. The van der Waals surface area contributed by atoms with Crippen molar-refractivity contribution in [1.29, 1.82) is 0 Å². The van der Waals surface area contributed by atoms with Crippen molar-refractivity contribution in [1.82, 2.24) is 29.5 Å². The number of rotatable bonds is 2. The number of nitrogens with zero attached hydrogens (tertiary/aromatic N) is 5. The summed E-state index contributed by atoms with van der Waals surface area (Å²) in [6.45, 7) is 8.88. The Bertz CT molecular complexity index is 1210. The number of piperazine rings is 1. The van der Waals surface area contributed by atoms with Crippen molar-refractivity contribution < 1.29 is 4.79 Å². The van der Waals surface area contributed by atoms with Crippen molar-refractivity contribution in [2.45, 2.75) is 26.8 Å². The fourth-order valence-electron chi connectivity index (χ4n) is 4.29. The highest BCUT2D eigenvalue weighted by atomic mass is 16.2. The largest absolute Gasteiger partial charge is 0.368 e. The van der Waals surface area contributed by atoms with Crippen LogP contribution in [0.4, 0.5) is 0 Å². The normalized spacial score (nSPS) is 25.8. The van der Waals surface area contributed by atoms with Gasteiger partial charge in [0, 0.05) is 61.6 Å².